The lowest BCUT2D eigenvalue weighted by Gasteiger charge is -2.28. The second-order valence-electron chi connectivity index (χ2n) is 8.11. The number of nitrogens with one attached hydrogen (secondary N) is 1. The molecule has 0 radical (unpaired) electrons. The number of carbonyl (C=O) groups excluding carboxylic acids is 3. The first-order chi connectivity index (χ1) is 16.4. The molecule has 3 aromatic rings. The molecule has 1 unspecified atom stereocenters. The molecule has 7 heteroatoms. The fourth-order valence-electron chi connectivity index (χ4n) is 4.20. The van der Waals surface area contributed by atoms with Gasteiger partial charge in [0.05, 0.1) is 26.7 Å². The molecule has 0 fully saturated rings. The lowest BCUT2D eigenvalue weighted by molar-refractivity contribution is -0.117. The van der Waals surface area contributed by atoms with Gasteiger partial charge in [-0.25, -0.2) is 0 Å². The summed E-state index contributed by atoms with van der Waals surface area (Å²) >= 11 is 0. The molecule has 0 aromatic heterocycles. The van der Waals surface area contributed by atoms with E-state index in [-0.39, 0.29) is 24.0 Å². The Morgan fingerprint density at radius 3 is 2.44 bits per heavy atom. The van der Waals surface area contributed by atoms with Gasteiger partial charge in [-0.3, -0.25) is 14.4 Å². The van der Waals surface area contributed by atoms with Crippen molar-refractivity contribution >= 4 is 23.3 Å². The molecule has 7 nitrogen and oxygen atoms in total. The van der Waals surface area contributed by atoms with E-state index in [0.717, 1.165) is 11.1 Å². The quantitative estimate of drug-likeness (QED) is 0.498. The SMILES string of the molecule is COc1ccc(C(CC(=O)Nc2cccc(C(C)=O)c2)N2Cc3ccccc3C2=O)cc1OC. The molecule has 0 saturated heterocycles. The molecule has 0 aliphatic carbocycles. The van der Waals surface area contributed by atoms with Crippen molar-refractivity contribution < 1.29 is 23.9 Å². The largest absolute Gasteiger partial charge is 0.493 e. The van der Waals surface area contributed by atoms with Gasteiger partial charge in [0.2, 0.25) is 5.91 Å². The zero-order valence-electron chi connectivity index (χ0n) is 19.3. The van der Waals surface area contributed by atoms with Crippen LogP contribution in [0.25, 0.3) is 0 Å². The van der Waals surface area contributed by atoms with Gasteiger partial charge in [0.15, 0.2) is 17.3 Å². The molecule has 1 heterocycles. The van der Waals surface area contributed by atoms with Gasteiger partial charge in [0.1, 0.15) is 0 Å². The summed E-state index contributed by atoms with van der Waals surface area (Å²) in [5, 5.41) is 2.86. The van der Waals surface area contributed by atoms with Crippen molar-refractivity contribution in [3.05, 3.63) is 89.0 Å². The molecule has 1 aliphatic heterocycles. The summed E-state index contributed by atoms with van der Waals surface area (Å²) in [5.74, 6) is 0.598. The van der Waals surface area contributed by atoms with Gasteiger partial charge < -0.3 is 19.7 Å². The van der Waals surface area contributed by atoms with E-state index < -0.39 is 6.04 Å². The van der Waals surface area contributed by atoms with Crippen LogP contribution in [0.3, 0.4) is 0 Å². The van der Waals surface area contributed by atoms with Crippen molar-refractivity contribution in [2.75, 3.05) is 19.5 Å². The standard InChI is InChI=1S/C27H26N2O5/c1-17(30)18-8-6-9-21(13-18)28-26(31)15-23(19-11-12-24(33-2)25(14-19)34-3)29-16-20-7-4-5-10-22(20)27(29)32/h4-14,23H,15-16H2,1-3H3,(H,28,31). The molecule has 2 amide bonds. The number of amides is 2. The zero-order valence-corrected chi connectivity index (χ0v) is 19.3. The van der Waals surface area contributed by atoms with Gasteiger partial charge in [-0.15, -0.1) is 0 Å². The summed E-state index contributed by atoms with van der Waals surface area (Å²) in [5.41, 5.74) is 3.36. The first-order valence-electron chi connectivity index (χ1n) is 10.9. The van der Waals surface area contributed by atoms with Crippen LogP contribution >= 0.6 is 0 Å². The van der Waals surface area contributed by atoms with Gasteiger partial charge in [0.25, 0.3) is 5.91 Å². The highest BCUT2D eigenvalue weighted by atomic mass is 16.5. The number of hydrogen-bond acceptors (Lipinski definition) is 5. The minimum absolute atomic E-state index is 0.0273. The Labute approximate surface area is 198 Å². The number of ether oxygens (including phenoxy) is 2. The minimum atomic E-state index is -0.532. The summed E-state index contributed by atoms with van der Waals surface area (Å²) < 4.78 is 10.8. The predicted octanol–water partition coefficient (Wildman–Crippen LogP) is 4.63. The lowest BCUT2D eigenvalue weighted by atomic mass is 10.0. The van der Waals surface area contributed by atoms with Crippen molar-refractivity contribution in [1.82, 2.24) is 4.90 Å². The smallest absolute Gasteiger partial charge is 0.255 e. The second kappa shape index (κ2) is 9.79. The monoisotopic (exact) mass is 458 g/mol. The highest BCUT2D eigenvalue weighted by Gasteiger charge is 2.34. The fourth-order valence-corrected chi connectivity index (χ4v) is 4.20. The Balaban J connectivity index is 1.65. The number of anilines is 1. The van der Waals surface area contributed by atoms with Crippen LogP contribution in [0.4, 0.5) is 5.69 Å². The van der Waals surface area contributed by atoms with E-state index in [0.29, 0.717) is 34.9 Å². The van der Waals surface area contributed by atoms with Crippen molar-refractivity contribution in [2.24, 2.45) is 0 Å². The first-order valence-corrected chi connectivity index (χ1v) is 10.9. The number of Topliss-reactive ketones (excluding diaryl/α,β-unsaturated/α-hetero) is 1. The van der Waals surface area contributed by atoms with E-state index in [1.165, 1.54) is 6.92 Å². The van der Waals surface area contributed by atoms with Gasteiger partial charge >= 0.3 is 0 Å². The van der Waals surface area contributed by atoms with Crippen molar-refractivity contribution in [3.63, 3.8) is 0 Å². The van der Waals surface area contributed by atoms with Gasteiger partial charge in [-0.2, -0.15) is 0 Å². The average Bonchev–Trinajstić information content (AvgIpc) is 3.18. The summed E-state index contributed by atoms with van der Waals surface area (Å²) in [6.07, 6.45) is 0.0273. The number of methoxy groups -OCH3 is 2. The molecule has 0 saturated carbocycles. The Morgan fingerprint density at radius 1 is 0.971 bits per heavy atom. The topological polar surface area (TPSA) is 84.9 Å². The van der Waals surface area contributed by atoms with E-state index in [9.17, 15) is 14.4 Å². The molecule has 34 heavy (non-hydrogen) atoms. The van der Waals surface area contributed by atoms with Gasteiger partial charge in [-0.05, 0) is 48.4 Å². The fraction of sp³-hybridized carbons (Fsp3) is 0.222. The summed E-state index contributed by atoms with van der Waals surface area (Å²) in [7, 11) is 3.10. The van der Waals surface area contributed by atoms with Crippen LogP contribution in [0.5, 0.6) is 11.5 Å². The Bertz CT molecular complexity index is 1250. The third kappa shape index (κ3) is 4.64. The molecule has 1 atom stereocenters. The minimum Gasteiger partial charge on any atom is -0.493 e. The molecular formula is C27H26N2O5. The van der Waals surface area contributed by atoms with E-state index in [1.54, 1.807) is 61.6 Å². The van der Waals surface area contributed by atoms with Gasteiger partial charge in [0, 0.05) is 23.4 Å². The molecule has 0 spiro atoms. The van der Waals surface area contributed by atoms with Crippen LogP contribution in [0.2, 0.25) is 0 Å². The van der Waals surface area contributed by atoms with Gasteiger partial charge in [-0.1, -0.05) is 36.4 Å². The van der Waals surface area contributed by atoms with Crippen LogP contribution in [-0.2, 0) is 11.3 Å². The summed E-state index contributed by atoms with van der Waals surface area (Å²) in [6.45, 7) is 1.88. The summed E-state index contributed by atoms with van der Waals surface area (Å²) in [4.78, 5) is 39.8. The number of carbonyl (C=O) groups is 3. The van der Waals surface area contributed by atoms with Crippen LogP contribution in [0.1, 0.15) is 51.2 Å². The average molecular weight is 459 g/mol. The number of benzene rings is 3. The number of fused-ring (bicyclic) bond motifs is 1. The molecule has 174 valence electrons. The second-order valence-corrected chi connectivity index (χ2v) is 8.11. The van der Waals surface area contributed by atoms with Crippen LogP contribution in [0, 0.1) is 0 Å². The molecule has 0 bridgehead atoms. The maximum absolute atomic E-state index is 13.2. The Kier molecular flexibility index (Phi) is 6.63. The van der Waals surface area contributed by atoms with E-state index >= 15 is 0 Å². The first kappa shape index (κ1) is 23.0. The maximum Gasteiger partial charge on any atom is 0.255 e. The van der Waals surface area contributed by atoms with E-state index in [4.69, 9.17) is 9.47 Å². The number of hydrogen-bond donors (Lipinski definition) is 1. The number of nitrogens with zero attached hydrogens (tertiary/aromatic N) is 1. The van der Waals surface area contributed by atoms with Crippen LogP contribution < -0.4 is 14.8 Å². The van der Waals surface area contributed by atoms with Crippen molar-refractivity contribution in [2.45, 2.75) is 25.9 Å². The normalized spacial score (nSPS) is 13.3. The molecule has 1 N–H and O–H groups in total. The summed E-state index contributed by atoms with van der Waals surface area (Å²) in [6, 6.07) is 19.1. The molecule has 4 rings (SSSR count). The lowest BCUT2D eigenvalue weighted by Crippen LogP contribution is -2.32. The highest BCUT2D eigenvalue weighted by molar-refractivity contribution is 6.00. The predicted molar refractivity (Wildman–Crippen MR) is 128 cm³/mol. The van der Waals surface area contributed by atoms with Crippen LogP contribution in [0.15, 0.2) is 66.7 Å². The third-order valence-corrected chi connectivity index (χ3v) is 5.95. The van der Waals surface area contributed by atoms with Crippen molar-refractivity contribution in [3.8, 4) is 11.5 Å². The molecule has 3 aromatic carbocycles. The number of ketones is 1. The third-order valence-electron chi connectivity index (χ3n) is 5.95. The molecular weight excluding hydrogens is 432 g/mol. The number of rotatable bonds is 8. The highest BCUT2D eigenvalue weighted by Crippen LogP contribution is 2.37. The van der Waals surface area contributed by atoms with E-state index in [1.807, 2.05) is 24.3 Å². The van der Waals surface area contributed by atoms with Crippen molar-refractivity contribution in [1.29, 1.82) is 0 Å². The zero-order chi connectivity index (χ0) is 24.2. The van der Waals surface area contributed by atoms with E-state index in [2.05, 4.69) is 5.32 Å². The maximum atomic E-state index is 13.2. The molecule has 1 aliphatic rings. The Hall–Kier alpha value is -4.13. The van der Waals surface area contributed by atoms with Crippen LogP contribution in [-0.4, -0.2) is 36.7 Å². The Morgan fingerprint density at radius 2 is 1.74 bits per heavy atom.